The third-order valence-electron chi connectivity index (χ3n) is 2.39. The first kappa shape index (κ1) is 12.5. The van der Waals surface area contributed by atoms with Gasteiger partial charge in [-0.2, -0.15) is 0 Å². The summed E-state index contributed by atoms with van der Waals surface area (Å²) in [6.45, 7) is 2.74. The molecule has 0 aromatic carbocycles. The molecule has 1 heterocycles. The molecule has 1 aromatic heterocycles. The maximum Gasteiger partial charge on any atom is 0.254 e. The third-order valence-corrected chi connectivity index (χ3v) is 2.39. The van der Waals surface area contributed by atoms with Crippen molar-refractivity contribution in [2.75, 3.05) is 14.1 Å². The fourth-order valence-electron chi connectivity index (χ4n) is 1.42. The first-order valence-corrected chi connectivity index (χ1v) is 5.48. The van der Waals surface area contributed by atoms with Gasteiger partial charge >= 0.3 is 0 Å². The average Bonchev–Trinajstić information content (AvgIpc) is 2.27. The summed E-state index contributed by atoms with van der Waals surface area (Å²) in [6, 6.07) is 3.03. The second-order valence-electron chi connectivity index (χ2n) is 4.00. The standard InChI is InChI=1S/C12H18N2O2/c1-4-5-8-14-9-10(6-7-11(14)15)12(16)13(2)3/h6-7,9H,4-5,8H2,1-3H3. The van der Waals surface area contributed by atoms with Crippen LogP contribution in [0.5, 0.6) is 0 Å². The normalized spacial score (nSPS) is 10.2. The molecule has 4 nitrogen and oxygen atoms in total. The van der Waals surface area contributed by atoms with Crippen molar-refractivity contribution in [1.82, 2.24) is 9.47 Å². The molecule has 0 saturated carbocycles. The molecule has 1 rings (SSSR count). The Hall–Kier alpha value is -1.58. The fourth-order valence-corrected chi connectivity index (χ4v) is 1.42. The zero-order valence-corrected chi connectivity index (χ0v) is 10.1. The molecule has 1 aromatic rings. The largest absolute Gasteiger partial charge is 0.345 e. The van der Waals surface area contributed by atoms with Crippen LogP contribution in [0.2, 0.25) is 0 Å². The Morgan fingerprint density at radius 2 is 2.06 bits per heavy atom. The van der Waals surface area contributed by atoms with Gasteiger partial charge in [0.2, 0.25) is 0 Å². The van der Waals surface area contributed by atoms with Gasteiger partial charge in [-0.15, -0.1) is 0 Å². The number of carbonyl (C=O) groups is 1. The van der Waals surface area contributed by atoms with Gasteiger partial charge in [0, 0.05) is 32.9 Å². The predicted octanol–water partition coefficient (Wildman–Crippen LogP) is 1.35. The molecule has 0 N–H and O–H groups in total. The SMILES string of the molecule is CCCCn1cc(C(=O)N(C)C)ccc1=O. The number of nitrogens with zero attached hydrogens (tertiary/aromatic N) is 2. The van der Waals surface area contributed by atoms with Crippen molar-refractivity contribution < 1.29 is 4.79 Å². The van der Waals surface area contributed by atoms with Crippen LogP contribution in [0, 0.1) is 0 Å². The second kappa shape index (κ2) is 5.49. The van der Waals surface area contributed by atoms with Gasteiger partial charge in [-0.1, -0.05) is 13.3 Å². The topological polar surface area (TPSA) is 42.3 Å². The molecule has 0 radical (unpaired) electrons. The van der Waals surface area contributed by atoms with Crippen molar-refractivity contribution >= 4 is 5.91 Å². The molecule has 0 aliphatic carbocycles. The summed E-state index contributed by atoms with van der Waals surface area (Å²) in [7, 11) is 3.40. The summed E-state index contributed by atoms with van der Waals surface area (Å²) in [4.78, 5) is 24.7. The molecule has 0 fully saturated rings. The molecule has 0 bridgehead atoms. The highest BCUT2D eigenvalue weighted by molar-refractivity contribution is 5.93. The predicted molar refractivity (Wildman–Crippen MR) is 63.6 cm³/mol. The molecule has 0 spiro atoms. The number of pyridine rings is 1. The Morgan fingerprint density at radius 1 is 1.38 bits per heavy atom. The van der Waals surface area contributed by atoms with E-state index in [9.17, 15) is 9.59 Å². The van der Waals surface area contributed by atoms with Gasteiger partial charge in [0.1, 0.15) is 0 Å². The number of amides is 1. The lowest BCUT2D eigenvalue weighted by atomic mass is 10.2. The summed E-state index contributed by atoms with van der Waals surface area (Å²) in [6.07, 6.45) is 3.61. The minimum atomic E-state index is -0.0785. The monoisotopic (exact) mass is 222 g/mol. The highest BCUT2D eigenvalue weighted by Crippen LogP contribution is 2.01. The molecule has 0 unspecified atom stereocenters. The summed E-state index contributed by atoms with van der Waals surface area (Å²) < 4.78 is 1.60. The van der Waals surface area contributed by atoms with Crippen molar-refractivity contribution in [1.29, 1.82) is 0 Å². The zero-order chi connectivity index (χ0) is 12.1. The van der Waals surface area contributed by atoms with Gasteiger partial charge in [0.25, 0.3) is 11.5 Å². The molecule has 0 saturated heterocycles. The first-order valence-electron chi connectivity index (χ1n) is 5.48. The minimum Gasteiger partial charge on any atom is -0.345 e. The lowest BCUT2D eigenvalue weighted by molar-refractivity contribution is 0.0826. The minimum absolute atomic E-state index is 0.0521. The van der Waals surface area contributed by atoms with Gasteiger partial charge in [-0.25, -0.2) is 0 Å². The fraction of sp³-hybridized carbons (Fsp3) is 0.500. The summed E-state index contributed by atoms with van der Waals surface area (Å²) in [5.74, 6) is -0.0785. The maximum atomic E-state index is 11.7. The van der Waals surface area contributed by atoms with Crippen molar-refractivity contribution in [3.8, 4) is 0 Å². The first-order chi connectivity index (χ1) is 7.56. The van der Waals surface area contributed by atoms with Crippen molar-refractivity contribution in [2.24, 2.45) is 0 Å². The number of hydrogen-bond acceptors (Lipinski definition) is 2. The van der Waals surface area contributed by atoms with E-state index in [2.05, 4.69) is 6.92 Å². The Labute approximate surface area is 95.5 Å². The van der Waals surface area contributed by atoms with Gasteiger partial charge in [-0.05, 0) is 12.5 Å². The van der Waals surface area contributed by atoms with Crippen LogP contribution >= 0.6 is 0 Å². The van der Waals surface area contributed by atoms with Crippen LogP contribution in [-0.2, 0) is 6.54 Å². The van der Waals surface area contributed by atoms with E-state index in [4.69, 9.17) is 0 Å². The number of hydrogen-bond donors (Lipinski definition) is 0. The lowest BCUT2D eigenvalue weighted by Crippen LogP contribution is -2.25. The van der Waals surface area contributed by atoms with E-state index in [-0.39, 0.29) is 11.5 Å². The van der Waals surface area contributed by atoms with Crippen LogP contribution < -0.4 is 5.56 Å². The zero-order valence-electron chi connectivity index (χ0n) is 10.1. The quantitative estimate of drug-likeness (QED) is 0.771. The summed E-state index contributed by atoms with van der Waals surface area (Å²) in [5, 5.41) is 0. The van der Waals surface area contributed by atoms with Crippen LogP contribution in [-0.4, -0.2) is 29.5 Å². The van der Waals surface area contributed by atoms with Crippen LogP contribution in [0.25, 0.3) is 0 Å². The number of rotatable bonds is 4. The molecule has 0 aliphatic rings. The molecule has 16 heavy (non-hydrogen) atoms. The Morgan fingerprint density at radius 3 is 2.62 bits per heavy atom. The van der Waals surface area contributed by atoms with E-state index in [0.717, 1.165) is 12.8 Å². The van der Waals surface area contributed by atoms with E-state index in [1.807, 2.05) is 0 Å². The van der Waals surface area contributed by atoms with E-state index < -0.39 is 0 Å². The number of unbranched alkanes of at least 4 members (excludes halogenated alkanes) is 1. The van der Waals surface area contributed by atoms with Crippen molar-refractivity contribution in [3.63, 3.8) is 0 Å². The highest BCUT2D eigenvalue weighted by atomic mass is 16.2. The Kier molecular flexibility index (Phi) is 4.28. The highest BCUT2D eigenvalue weighted by Gasteiger charge is 2.08. The molecule has 88 valence electrons. The molecular weight excluding hydrogens is 204 g/mol. The maximum absolute atomic E-state index is 11.7. The van der Waals surface area contributed by atoms with Gasteiger partial charge in [0.15, 0.2) is 0 Å². The molecule has 1 amide bonds. The van der Waals surface area contributed by atoms with E-state index in [1.165, 1.54) is 11.0 Å². The number of carbonyl (C=O) groups excluding carboxylic acids is 1. The van der Waals surface area contributed by atoms with E-state index in [0.29, 0.717) is 12.1 Å². The molecule has 0 atom stereocenters. The lowest BCUT2D eigenvalue weighted by Gasteiger charge is -2.11. The number of aromatic nitrogens is 1. The molecule has 0 aliphatic heterocycles. The summed E-state index contributed by atoms with van der Waals surface area (Å²) >= 11 is 0. The molecular formula is C12H18N2O2. The Bertz CT molecular complexity index is 421. The van der Waals surface area contributed by atoms with Crippen LogP contribution in [0.4, 0.5) is 0 Å². The van der Waals surface area contributed by atoms with E-state index in [1.54, 1.807) is 30.9 Å². The van der Waals surface area contributed by atoms with Crippen molar-refractivity contribution in [3.05, 3.63) is 34.2 Å². The second-order valence-corrected chi connectivity index (χ2v) is 4.00. The number of aryl methyl sites for hydroxylation is 1. The summed E-state index contributed by atoms with van der Waals surface area (Å²) in [5.41, 5.74) is 0.504. The smallest absolute Gasteiger partial charge is 0.254 e. The van der Waals surface area contributed by atoms with Crippen LogP contribution in [0.1, 0.15) is 30.1 Å². The third kappa shape index (κ3) is 2.95. The van der Waals surface area contributed by atoms with E-state index >= 15 is 0 Å². The van der Waals surface area contributed by atoms with Crippen LogP contribution in [0.3, 0.4) is 0 Å². The Balaban J connectivity index is 2.98. The van der Waals surface area contributed by atoms with Gasteiger partial charge in [-0.3, -0.25) is 9.59 Å². The van der Waals surface area contributed by atoms with Gasteiger partial charge in [0.05, 0.1) is 5.56 Å². The van der Waals surface area contributed by atoms with Gasteiger partial charge < -0.3 is 9.47 Å². The van der Waals surface area contributed by atoms with Crippen molar-refractivity contribution in [2.45, 2.75) is 26.3 Å². The molecule has 4 heteroatoms. The van der Waals surface area contributed by atoms with Crippen LogP contribution in [0.15, 0.2) is 23.1 Å². The average molecular weight is 222 g/mol.